The van der Waals surface area contributed by atoms with E-state index in [0.717, 1.165) is 5.76 Å². The fourth-order valence-electron chi connectivity index (χ4n) is 1.02. The van der Waals surface area contributed by atoms with Gasteiger partial charge in [-0.05, 0) is 24.8 Å². The molecule has 72 valence electrons. The summed E-state index contributed by atoms with van der Waals surface area (Å²) in [6, 6.07) is 3.57. The number of hydrogen-bond acceptors (Lipinski definition) is 3. The fraction of sp³-hybridized carbons (Fsp3) is 0.444. The highest BCUT2D eigenvalue weighted by Gasteiger charge is 2.10. The van der Waals surface area contributed by atoms with Gasteiger partial charge in [0, 0.05) is 6.42 Å². The second-order valence-corrected chi connectivity index (χ2v) is 3.23. The number of carbonyl (C=O) groups excluding carboxylic acids is 1. The molecule has 0 aliphatic carbocycles. The van der Waals surface area contributed by atoms with Crippen LogP contribution in [0.5, 0.6) is 0 Å². The van der Waals surface area contributed by atoms with Crippen LogP contribution in [0, 0.1) is 0 Å². The molecule has 0 saturated carbocycles. The highest BCUT2D eigenvalue weighted by atomic mass is 32.1. The van der Waals surface area contributed by atoms with Gasteiger partial charge in [0.2, 0.25) is 5.91 Å². The Labute approximate surface area is 82.9 Å². The van der Waals surface area contributed by atoms with E-state index in [-0.39, 0.29) is 11.9 Å². The third kappa shape index (κ3) is 3.14. The molecule has 0 fully saturated rings. The minimum Gasteiger partial charge on any atom is -0.467 e. The highest BCUT2D eigenvalue weighted by Crippen LogP contribution is 2.11. The predicted octanol–water partition coefficient (Wildman–Crippen LogP) is 1.78. The van der Waals surface area contributed by atoms with E-state index >= 15 is 0 Å². The number of thiol groups is 1. The Balaban J connectivity index is 2.42. The first-order chi connectivity index (χ1) is 6.24. The first kappa shape index (κ1) is 10.2. The van der Waals surface area contributed by atoms with Gasteiger partial charge in [0.25, 0.3) is 0 Å². The molecular weight excluding hydrogens is 186 g/mol. The average molecular weight is 199 g/mol. The van der Waals surface area contributed by atoms with Crippen LogP contribution in [0.15, 0.2) is 22.8 Å². The Morgan fingerprint density at radius 3 is 3.08 bits per heavy atom. The van der Waals surface area contributed by atoms with Crippen molar-refractivity contribution in [1.82, 2.24) is 5.32 Å². The zero-order chi connectivity index (χ0) is 9.68. The van der Waals surface area contributed by atoms with Gasteiger partial charge >= 0.3 is 0 Å². The highest BCUT2D eigenvalue weighted by molar-refractivity contribution is 7.80. The second-order valence-electron chi connectivity index (χ2n) is 2.78. The molecule has 1 amide bonds. The summed E-state index contributed by atoms with van der Waals surface area (Å²) in [5.74, 6) is 1.34. The number of furan rings is 1. The largest absolute Gasteiger partial charge is 0.467 e. The maximum absolute atomic E-state index is 11.1. The maximum atomic E-state index is 11.1. The van der Waals surface area contributed by atoms with Crippen molar-refractivity contribution in [1.29, 1.82) is 0 Å². The molecule has 0 aliphatic heterocycles. The van der Waals surface area contributed by atoms with Gasteiger partial charge in [-0.2, -0.15) is 12.6 Å². The molecule has 13 heavy (non-hydrogen) atoms. The van der Waals surface area contributed by atoms with Crippen LogP contribution in [0.1, 0.15) is 25.1 Å². The van der Waals surface area contributed by atoms with Crippen LogP contribution < -0.4 is 5.32 Å². The van der Waals surface area contributed by atoms with Crippen molar-refractivity contribution in [2.45, 2.75) is 19.4 Å². The summed E-state index contributed by atoms with van der Waals surface area (Å²) in [5.41, 5.74) is 0. The smallest absolute Gasteiger partial charge is 0.221 e. The van der Waals surface area contributed by atoms with Crippen molar-refractivity contribution < 1.29 is 9.21 Å². The van der Waals surface area contributed by atoms with Crippen LogP contribution in [-0.2, 0) is 4.79 Å². The quantitative estimate of drug-likeness (QED) is 0.726. The average Bonchev–Trinajstić information content (AvgIpc) is 2.55. The SMILES string of the molecule is CC(NC(=O)CCS)c1ccco1. The Morgan fingerprint density at radius 2 is 2.54 bits per heavy atom. The van der Waals surface area contributed by atoms with Crippen LogP contribution >= 0.6 is 12.6 Å². The molecule has 0 saturated heterocycles. The summed E-state index contributed by atoms with van der Waals surface area (Å²) in [6.07, 6.45) is 2.03. The molecule has 0 aliphatic rings. The van der Waals surface area contributed by atoms with E-state index in [0.29, 0.717) is 12.2 Å². The van der Waals surface area contributed by atoms with Gasteiger partial charge in [-0.25, -0.2) is 0 Å². The molecule has 0 aromatic carbocycles. The second kappa shape index (κ2) is 4.97. The van der Waals surface area contributed by atoms with Gasteiger partial charge < -0.3 is 9.73 Å². The monoisotopic (exact) mass is 199 g/mol. The van der Waals surface area contributed by atoms with Crippen molar-refractivity contribution in [2.75, 3.05) is 5.75 Å². The molecule has 1 heterocycles. The van der Waals surface area contributed by atoms with Gasteiger partial charge in [-0.3, -0.25) is 4.79 Å². The van der Waals surface area contributed by atoms with Crippen LogP contribution in [0.3, 0.4) is 0 Å². The minimum absolute atomic E-state index is 0.00102. The lowest BCUT2D eigenvalue weighted by atomic mass is 10.2. The molecule has 1 aromatic heterocycles. The number of nitrogens with one attached hydrogen (secondary N) is 1. The Hall–Kier alpha value is -0.900. The van der Waals surface area contributed by atoms with Gasteiger partial charge in [0.1, 0.15) is 5.76 Å². The molecule has 1 aromatic rings. The summed E-state index contributed by atoms with van der Waals surface area (Å²) in [7, 11) is 0. The lowest BCUT2D eigenvalue weighted by molar-refractivity contribution is -0.121. The topological polar surface area (TPSA) is 42.2 Å². The molecule has 4 heteroatoms. The predicted molar refractivity (Wildman–Crippen MR) is 53.7 cm³/mol. The van der Waals surface area contributed by atoms with Crippen molar-refractivity contribution in [3.8, 4) is 0 Å². The number of amides is 1. The van der Waals surface area contributed by atoms with E-state index in [9.17, 15) is 4.79 Å². The van der Waals surface area contributed by atoms with Crippen molar-refractivity contribution in [2.24, 2.45) is 0 Å². The Bertz CT molecular complexity index is 259. The summed E-state index contributed by atoms with van der Waals surface area (Å²) in [6.45, 7) is 1.88. The normalized spacial score (nSPS) is 12.5. The van der Waals surface area contributed by atoms with E-state index in [1.165, 1.54) is 0 Å². The van der Waals surface area contributed by atoms with Gasteiger partial charge in [0.15, 0.2) is 0 Å². The number of carbonyl (C=O) groups is 1. The molecule has 1 rings (SSSR count). The summed E-state index contributed by atoms with van der Waals surface area (Å²) in [4.78, 5) is 11.1. The molecule has 1 atom stereocenters. The molecule has 1 N–H and O–H groups in total. The van der Waals surface area contributed by atoms with Gasteiger partial charge in [-0.15, -0.1) is 0 Å². The Kier molecular flexibility index (Phi) is 3.89. The van der Waals surface area contributed by atoms with E-state index in [1.54, 1.807) is 12.3 Å². The lowest BCUT2D eigenvalue weighted by Crippen LogP contribution is -2.26. The third-order valence-corrected chi connectivity index (χ3v) is 1.91. The van der Waals surface area contributed by atoms with E-state index in [4.69, 9.17) is 4.42 Å². The molecular formula is C9H13NO2S. The molecule has 3 nitrogen and oxygen atoms in total. The molecule has 0 bridgehead atoms. The lowest BCUT2D eigenvalue weighted by Gasteiger charge is -2.10. The Morgan fingerprint density at radius 1 is 1.77 bits per heavy atom. The van der Waals surface area contributed by atoms with Gasteiger partial charge in [0.05, 0.1) is 12.3 Å². The van der Waals surface area contributed by atoms with Crippen molar-refractivity contribution in [3.63, 3.8) is 0 Å². The van der Waals surface area contributed by atoms with Gasteiger partial charge in [-0.1, -0.05) is 0 Å². The van der Waals surface area contributed by atoms with Crippen LogP contribution in [0.25, 0.3) is 0 Å². The molecule has 0 spiro atoms. The van der Waals surface area contributed by atoms with Crippen LogP contribution in [0.2, 0.25) is 0 Å². The van der Waals surface area contributed by atoms with E-state index in [2.05, 4.69) is 17.9 Å². The first-order valence-electron chi connectivity index (χ1n) is 4.17. The van der Waals surface area contributed by atoms with E-state index in [1.807, 2.05) is 13.0 Å². The molecule has 1 unspecified atom stereocenters. The minimum atomic E-state index is -0.0672. The fourth-order valence-corrected chi connectivity index (χ4v) is 1.23. The molecule has 0 radical (unpaired) electrons. The van der Waals surface area contributed by atoms with E-state index < -0.39 is 0 Å². The summed E-state index contributed by atoms with van der Waals surface area (Å²) in [5, 5.41) is 2.80. The summed E-state index contributed by atoms with van der Waals surface area (Å²) < 4.78 is 5.14. The van der Waals surface area contributed by atoms with Crippen molar-refractivity contribution >= 4 is 18.5 Å². The standard InChI is InChI=1S/C9H13NO2S/c1-7(8-3-2-5-12-8)10-9(11)4-6-13/h2-3,5,7,13H,4,6H2,1H3,(H,10,11). The third-order valence-electron chi connectivity index (χ3n) is 1.69. The maximum Gasteiger partial charge on any atom is 0.221 e. The number of rotatable bonds is 4. The zero-order valence-electron chi connectivity index (χ0n) is 7.49. The number of hydrogen-bond donors (Lipinski definition) is 2. The zero-order valence-corrected chi connectivity index (χ0v) is 8.38. The van der Waals surface area contributed by atoms with Crippen LogP contribution in [-0.4, -0.2) is 11.7 Å². The van der Waals surface area contributed by atoms with Crippen molar-refractivity contribution in [3.05, 3.63) is 24.2 Å². The first-order valence-corrected chi connectivity index (χ1v) is 4.81. The van der Waals surface area contributed by atoms with Crippen LogP contribution in [0.4, 0.5) is 0 Å². The summed E-state index contributed by atoms with van der Waals surface area (Å²) >= 11 is 3.97.